The predicted molar refractivity (Wildman–Crippen MR) is 69.6 cm³/mol. The highest BCUT2D eigenvalue weighted by molar-refractivity contribution is 7.91. The van der Waals surface area contributed by atoms with Crippen LogP contribution in [0.4, 0.5) is 4.39 Å². The number of halogens is 1. The maximum atomic E-state index is 12.9. The van der Waals surface area contributed by atoms with E-state index in [-0.39, 0.29) is 29.2 Å². The second-order valence-electron chi connectivity index (χ2n) is 4.88. The Hall–Kier alpha value is -0.940. The number of nitrogens with two attached hydrogens (primary N) is 1. The molecule has 0 aliphatic carbocycles. The molecule has 1 saturated heterocycles. The van der Waals surface area contributed by atoms with Gasteiger partial charge in [-0.15, -0.1) is 0 Å². The molecule has 0 spiro atoms. The maximum Gasteiger partial charge on any atom is 0.150 e. The lowest BCUT2D eigenvalue weighted by Crippen LogP contribution is -2.30. The van der Waals surface area contributed by atoms with Gasteiger partial charge < -0.3 is 5.73 Å². The van der Waals surface area contributed by atoms with Gasteiger partial charge >= 0.3 is 0 Å². The number of hydrogen-bond acceptors (Lipinski definition) is 3. The fourth-order valence-corrected chi connectivity index (χ4v) is 4.15. The first-order valence-corrected chi connectivity index (χ1v) is 8.00. The minimum absolute atomic E-state index is 0.126. The van der Waals surface area contributed by atoms with Crippen molar-refractivity contribution in [2.24, 2.45) is 11.7 Å². The van der Waals surface area contributed by atoms with Gasteiger partial charge in [-0.3, -0.25) is 0 Å². The third kappa shape index (κ3) is 3.09. The van der Waals surface area contributed by atoms with Crippen LogP contribution in [0.15, 0.2) is 24.3 Å². The van der Waals surface area contributed by atoms with E-state index in [1.54, 1.807) is 12.1 Å². The van der Waals surface area contributed by atoms with Crippen LogP contribution < -0.4 is 5.73 Å². The molecule has 0 bridgehead atoms. The van der Waals surface area contributed by atoms with E-state index >= 15 is 0 Å². The van der Waals surface area contributed by atoms with Gasteiger partial charge in [0, 0.05) is 0 Å². The quantitative estimate of drug-likeness (QED) is 0.910. The van der Waals surface area contributed by atoms with Crippen LogP contribution in [0.3, 0.4) is 0 Å². The number of sulfone groups is 1. The molecule has 0 aromatic heterocycles. The van der Waals surface area contributed by atoms with E-state index < -0.39 is 9.84 Å². The highest BCUT2D eigenvalue weighted by Crippen LogP contribution is 2.32. The molecule has 100 valence electrons. The van der Waals surface area contributed by atoms with Gasteiger partial charge in [-0.25, -0.2) is 12.8 Å². The van der Waals surface area contributed by atoms with E-state index in [1.165, 1.54) is 12.1 Å². The van der Waals surface area contributed by atoms with E-state index in [4.69, 9.17) is 5.73 Å². The van der Waals surface area contributed by atoms with Gasteiger partial charge in [0.25, 0.3) is 0 Å². The summed E-state index contributed by atoms with van der Waals surface area (Å²) in [6.45, 7) is 0.469. The molecule has 1 aliphatic heterocycles. The van der Waals surface area contributed by atoms with Gasteiger partial charge in [0.2, 0.25) is 0 Å². The second kappa shape index (κ2) is 5.36. The lowest BCUT2D eigenvalue weighted by atomic mass is 9.82. The first-order chi connectivity index (χ1) is 8.52. The highest BCUT2D eigenvalue weighted by atomic mass is 32.2. The van der Waals surface area contributed by atoms with E-state index in [2.05, 4.69) is 0 Å². The Morgan fingerprint density at radius 3 is 2.28 bits per heavy atom. The molecule has 0 saturated carbocycles. The van der Waals surface area contributed by atoms with Gasteiger partial charge in [0.15, 0.2) is 0 Å². The Morgan fingerprint density at radius 1 is 1.22 bits per heavy atom. The van der Waals surface area contributed by atoms with Crippen LogP contribution in [0.25, 0.3) is 0 Å². The smallest absolute Gasteiger partial charge is 0.150 e. The van der Waals surface area contributed by atoms with E-state index in [1.807, 2.05) is 0 Å². The first kappa shape index (κ1) is 13.5. The van der Waals surface area contributed by atoms with Crippen molar-refractivity contribution in [3.8, 4) is 0 Å². The summed E-state index contributed by atoms with van der Waals surface area (Å²) in [5.41, 5.74) is 6.80. The molecule has 1 aromatic rings. The summed E-state index contributed by atoms with van der Waals surface area (Å²) in [4.78, 5) is 0. The zero-order chi connectivity index (χ0) is 13.2. The molecular weight excluding hydrogens is 253 g/mol. The fraction of sp³-hybridized carbons (Fsp3) is 0.538. The van der Waals surface area contributed by atoms with Gasteiger partial charge in [0.05, 0.1) is 11.5 Å². The summed E-state index contributed by atoms with van der Waals surface area (Å²) >= 11 is 0. The Labute approximate surface area is 107 Å². The SMILES string of the molecule is NCC(c1ccc(F)cc1)C1CCS(=O)(=O)CC1. The Bertz CT molecular complexity index is 484. The van der Waals surface area contributed by atoms with E-state index in [0.717, 1.165) is 5.56 Å². The average Bonchev–Trinajstić information content (AvgIpc) is 2.34. The lowest BCUT2D eigenvalue weighted by Gasteiger charge is -2.29. The zero-order valence-electron chi connectivity index (χ0n) is 10.2. The third-order valence-corrected chi connectivity index (χ3v) is 5.44. The summed E-state index contributed by atoms with van der Waals surface area (Å²) in [5, 5.41) is 0. The molecule has 0 amide bonds. The van der Waals surface area contributed by atoms with E-state index in [9.17, 15) is 12.8 Å². The topological polar surface area (TPSA) is 60.2 Å². The van der Waals surface area contributed by atoms with Crippen molar-refractivity contribution in [2.75, 3.05) is 18.1 Å². The summed E-state index contributed by atoms with van der Waals surface area (Å²) in [7, 11) is -2.85. The number of benzene rings is 1. The van der Waals surface area contributed by atoms with Crippen molar-refractivity contribution in [1.82, 2.24) is 0 Å². The molecule has 1 atom stereocenters. The monoisotopic (exact) mass is 271 g/mol. The minimum atomic E-state index is -2.85. The number of rotatable bonds is 3. The summed E-state index contributed by atoms with van der Waals surface area (Å²) in [5.74, 6) is 0.635. The number of hydrogen-bond donors (Lipinski definition) is 1. The predicted octanol–water partition coefficient (Wildman–Crippen LogP) is 1.69. The van der Waals surface area contributed by atoms with Crippen LogP contribution in [0, 0.1) is 11.7 Å². The van der Waals surface area contributed by atoms with E-state index in [0.29, 0.717) is 19.4 Å². The van der Waals surface area contributed by atoms with Crippen molar-refractivity contribution in [1.29, 1.82) is 0 Å². The molecule has 0 radical (unpaired) electrons. The molecule has 1 unspecified atom stereocenters. The van der Waals surface area contributed by atoms with Crippen molar-refractivity contribution in [3.63, 3.8) is 0 Å². The van der Waals surface area contributed by atoms with Crippen LogP contribution in [0.2, 0.25) is 0 Å². The van der Waals surface area contributed by atoms with Crippen LogP contribution in [-0.4, -0.2) is 26.5 Å². The van der Waals surface area contributed by atoms with Crippen molar-refractivity contribution < 1.29 is 12.8 Å². The normalized spacial score (nSPS) is 21.7. The third-order valence-electron chi connectivity index (χ3n) is 3.72. The summed E-state index contributed by atoms with van der Waals surface area (Å²) in [6, 6.07) is 6.35. The van der Waals surface area contributed by atoms with Crippen molar-refractivity contribution in [3.05, 3.63) is 35.6 Å². The molecule has 5 heteroatoms. The van der Waals surface area contributed by atoms with Gasteiger partial charge in [-0.05, 0) is 48.9 Å². The fourth-order valence-electron chi connectivity index (χ4n) is 2.62. The highest BCUT2D eigenvalue weighted by Gasteiger charge is 2.29. The Balaban J connectivity index is 2.12. The standard InChI is InChI=1S/C13H18FNO2S/c14-12-3-1-10(2-4-12)13(9-15)11-5-7-18(16,17)8-6-11/h1-4,11,13H,5-9,15H2. The Morgan fingerprint density at radius 2 is 1.78 bits per heavy atom. The van der Waals surface area contributed by atoms with Crippen LogP contribution in [0.1, 0.15) is 24.3 Å². The summed E-state index contributed by atoms with van der Waals surface area (Å²) in [6.07, 6.45) is 1.31. The zero-order valence-corrected chi connectivity index (χ0v) is 11.0. The van der Waals surface area contributed by atoms with Crippen molar-refractivity contribution in [2.45, 2.75) is 18.8 Å². The van der Waals surface area contributed by atoms with Crippen LogP contribution in [-0.2, 0) is 9.84 Å². The Kier molecular flexibility index (Phi) is 4.02. The van der Waals surface area contributed by atoms with Gasteiger partial charge in [-0.2, -0.15) is 0 Å². The van der Waals surface area contributed by atoms with Gasteiger partial charge in [-0.1, -0.05) is 12.1 Å². The largest absolute Gasteiger partial charge is 0.330 e. The molecule has 1 aromatic carbocycles. The molecule has 2 rings (SSSR count). The average molecular weight is 271 g/mol. The molecule has 1 fully saturated rings. The van der Waals surface area contributed by atoms with Crippen LogP contribution >= 0.6 is 0 Å². The molecule has 1 heterocycles. The van der Waals surface area contributed by atoms with Gasteiger partial charge in [0.1, 0.15) is 15.7 Å². The first-order valence-electron chi connectivity index (χ1n) is 6.18. The van der Waals surface area contributed by atoms with Crippen molar-refractivity contribution >= 4 is 9.84 Å². The molecule has 18 heavy (non-hydrogen) atoms. The lowest BCUT2D eigenvalue weighted by molar-refractivity contribution is 0.389. The minimum Gasteiger partial charge on any atom is -0.330 e. The molecule has 3 nitrogen and oxygen atoms in total. The maximum absolute atomic E-state index is 12.9. The van der Waals surface area contributed by atoms with Crippen LogP contribution in [0.5, 0.6) is 0 Å². The molecule has 2 N–H and O–H groups in total. The summed E-state index contributed by atoms with van der Waals surface area (Å²) < 4.78 is 35.7. The second-order valence-corrected chi connectivity index (χ2v) is 7.19. The molecule has 1 aliphatic rings. The molecular formula is C13H18FNO2S.